The average molecular weight is 422 g/mol. The topological polar surface area (TPSA) is 70.7 Å². The summed E-state index contributed by atoms with van der Waals surface area (Å²) in [6.07, 6.45) is 5.45. The fourth-order valence-electron chi connectivity index (χ4n) is 3.47. The lowest BCUT2D eigenvalue weighted by molar-refractivity contribution is -0.121. The van der Waals surface area contributed by atoms with Crippen molar-refractivity contribution in [2.75, 3.05) is 39.3 Å². The van der Waals surface area contributed by atoms with Crippen LogP contribution in [0.5, 0.6) is 5.75 Å². The van der Waals surface area contributed by atoms with Gasteiger partial charge < -0.3 is 15.4 Å². The molecule has 0 fully saturated rings. The molecule has 2 amide bonds. The molecule has 2 N–H and O–H groups in total. The van der Waals surface area contributed by atoms with Crippen molar-refractivity contribution >= 4 is 17.9 Å². The Morgan fingerprint density at radius 2 is 1.87 bits per heavy atom. The van der Waals surface area contributed by atoms with E-state index in [1.54, 1.807) is 0 Å². The van der Waals surface area contributed by atoms with Gasteiger partial charge in [0.1, 0.15) is 12.4 Å². The Morgan fingerprint density at radius 1 is 1.03 bits per heavy atom. The molecule has 6 heteroatoms. The Morgan fingerprint density at radius 3 is 2.71 bits per heavy atom. The zero-order valence-corrected chi connectivity index (χ0v) is 18.1. The first-order valence-corrected chi connectivity index (χ1v) is 10.8. The number of carbonyl (C=O) groups is 2. The molecular weight excluding hydrogens is 390 g/mol. The van der Waals surface area contributed by atoms with Gasteiger partial charge in [0.15, 0.2) is 0 Å². The van der Waals surface area contributed by atoms with E-state index in [0.717, 1.165) is 30.6 Å². The first-order valence-electron chi connectivity index (χ1n) is 10.8. The van der Waals surface area contributed by atoms with Crippen LogP contribution in [0.25, 0.3) is 6.08 Å². The van der Waals surface area contributed by atoms with Crippen molar-refractivity contribution < 1.29 is 14.3 Å². The molecule has 2 aromatic carbocycles. The van der Waals surface area contributed by atoms with Crippen LogP contribution >= 0.6 is 0 Å². The highest BCUT2D eigenvalue weighted by molar-refractivity contribution is 5.97. The average Bonchev–Trinajstić information content (AvgIpc) is 2.77. The highest BCUT2D eigenvalue weighted by Crippen LogP contribution is 2.20. The Bertz CT molecular complexity index is 896. The second-order valence-electron chi connectivity index (χ2n) is 7.67. The molecule has 1 aliphatic heterocycles. The lowest BCUT2D eigenvalue weighted by Crippen LogP contribution is -2.36. The van der Waals surface area contributed by atoms with Crippen molar-refractivity contribution in [2.24, 2.45) is 0 Å². The Hall–Kier alpha value is -3.12. The van der Waals surface area contributed by atoms with E-state index in [1.807, 2.05) is 43.3 Å². The molecule has 0 atom stereocenters. The maximum Gasteiger partial charge on any atom is 0.255 e. The maximum atomic E-state index is 12.8. The monoisotopic (exact) mass is 421 g/mol. The standard InChI is InChI=1S/C25H31N3O3/c1-20-11-12-23-22(19-20)25(30)27-13-17-28(15-5-9-21-7-3-2-4-8-21)16-6-10-24(29)26-14-18-31-23/h2-5,7-9,11-12,19H,6,10,13-18H2,1H3,(H,26,29)(H,27,30). The number of aryl methyl sites for hydroxylation is 1. The normalized spacial score (nSPS) is 17.1. The number of ether oxygens (including phenoxy) is 1. The molecule has 31 heavy (non-hydrogen) atoms. The van der Waals surface area contributed by atoms with Gasteiger partial charge >= 0.3 is 0 Å². The van der Waals surface area contributed by atoms with E-state index in [9.17, 15) is 9.59 Å². The summed E-state index contributed by atoms with van der Waals surface area (Å²) in [4.78, 5) is 27.1. The van der Waals surface area contributed by atoms with Gasteiger partial charge in [-0.2, -0.15) is 0 Å². The van der Waals surface area contributed by atoms with Gasteiger partial charge in [-0.25, -0.2) is 0 Å². The molecule has 1 aliphatic rings. The highest BCUT2D eigenvalue weighted by atomic mass is 16.5. The van der Waals surface area contributed by atoms with Crippen LogP contribution in [0, 0.1) is 6.92 Å². The third-order valence-corrected chi connectivity index (χ3v) is 5.13. The zero-order chi connectivity index (χ0) is 21.9. The molecule has 0 saturated carbocycles. The van der Waals surface area contributed by atoms with E-state index >= 15 is 0 Å². The van der Waals surface area contributed by atoms with Gasteiger partial charge in [0.25, 0.3) is 5.91 Å². The first kappa shape index (κ1) is 22.6. The maximum absolute atomic E-state index is 12.8. The molecule has 1 heterocycles. The Kier molecular flexibility index (Phi) is 8.67. The zero-order valence-electron chi connectivity index (χ0n) is 18.1. The van der Waals surface area contributed by atoms with Gasteiger partial charge in [-0.15, -0.1) is 0 Å². The largest absolute Gasteiger partial charge is 0.491 e. The summed E-state index contributed by atoms with van der Waals surface area (Å²) in [6, 6.07) is 15.7. The number of hydrogen-bond donors (Lipinski definition) is 2. The predicted octanol–water partition coefficient (Wildman–Crippen LogP) is 3.03. The quantitative estimate of drug-likeness (QED) is 0.799. The predicted molar refractivity (Wildman–Crippen MR) is 123 cm³/mol. The first-order chi connectivity index (χ1) is 15.1. The van der Waals surface area contributed by atoms with E-state index in [4.69, 9.17) is 4.74 Å². The van der Waals surface area contributed by atoms with Crippen LogP contribution < -0.4 is 15.4 Å². The number of hydrogen-bond acceptors (Lipinski definition) is 4. The van der Waals surface area contributed by atoms with Gasteiger partial charge in [-0.3, -0.25) is 14.5 Å². The molecule has 0 spiro atoms. The number of amides is 2. The molecule has 0 saturated heterocycles. The fourth-order valence-corrected chi connectivity index (χ4v) is 3.47. The van der Waals surface area contributed by atoms with Crippen LogP contribution in [0.2, 0.25) is 0 Å². The molecule has 0 aliphatic carbocycles. The number of nitrogens with zero attached hydrogens (tertiary/aromatic N) is 1. The number of carbonyl (C=O) groups excluding carboxylic acids is 2. The van der Waals surface area contributed by atoms with Crippen molar-refractivity contribution in [3.05, 3.63) is 71.3 Å². The van der Waals surface area contributed by atoms with E-state index < -0.39 is 0 Å². The van der Waals surface area contributed by atoms with Gasteiger partial charge in [-0.05, 0) is 37.6 Å². The summed E-state index contributed by atoms with van der Waals surface area (Å²) >= 11 is 0. The van der Waals surface area contributed by atoms with Gasteiger partial charge in [0.05, 0.1) is 12.1 Å². The smallest absolute Gasteiger partial charge is 0.255 e. The van der Waals surface area contributed by atoms with E-state index in [2.05, 4.69) is 39.8 Å². The van der Waals surface area contributed by atoms with Crippen LogP contribution in [-0.4, -0.2) is 56.0 Å². The van der Waals surface area contributed by atoms with Crippen molar-refractivity contribution in [3.63, 3.8) is 0 Å². The lowest BCUT2D eigenvalue weighted by atomic mass is 10.1. The lowest BCUT2D eigenvalue weighted by Gasteiger charge is -2.21. The molecule has 2 aromatic rings. The molecule has 0 radical (unpaired) electrons. The summed E-state index contributed by atoms with van der Waals surface area (Å²) in [5.41, 5.74) is 2.67. The number of benzene rings is 2. The van der Waals surface area contributed by atoms with Crippen molar-refractivity contribution in [3.8, 4) is 5.75 Å². The van der Waals surface area contributed by atoms with Crippen molar-refractivity contribution in [1.82, 2.24) is 15.5 Å². The minimum Gasteiger partial charge on any atom is -0.491 e. The second kappa shape index (κ2) is 11.9. The van der Waals surface area contributed by atoms with Crippen LogP contribution in [0.1, 0.15) is 34.3 Å². The molecule has 0 unspecified atom stereocenters. The summed E-state index contributed by atoms with van der Waals surface area (Å²) in [7, 11) is 0. The van der Waals surface area contributed by atoms with E-state index in [-0.39, 0.29) is 11.8 Å². The third kappa shape index (κ3) is 7.57. The molecule has 0 aromatic heterocycles. The molecule has 3 rings (SSSR count). The Labute approximate surface area is 184 Å². The fraction of sp³-hybridized carbons (Fsp3) is 0.360. The second-order valence-corrected chi connectivity index (χ2v) is 7.67. The number of rotatable bonds is 3. The van der Waals surface area contributed by atoms with Crippen LogP contribution in [0.3, 0.4) is 0 Å². The molecular formula is C25H31N3O3. The van der Waals surface area contributed by atoms with Crippen LogP contribution in [0.15, 0.2) is 54.6 Å². The minimum absolute atomic E-state index is 0.0246. The van der Waals surface area contributed by atoms with Crippen LogP contribution in [-0.2, 0) is 4.79 Å². The number of nitrogens with one attached hydrogen (secondary N) is 2. The third-order valence-electron chi connectivity index (χ3n) is 5.13. The molecule has 164 valence electrons. The summed E-state index contributed by atoms with van der Waals surface area (Å²) in [6.45, 7) is 5.46. The van der Waals surface area contributed by atoms with E-state index in [0.29, 0.717) is 44.0 Å². The number of fused-ring (bicyclic) bond motifs is 1. The van der Waals surface area contributed by atoms with Gasteiger partial charge in [0, 0.05) is 26.1 Å². The van der Waals surface area contributed by atoms with Crippen LogP contribution in [0.4, 0.5) is 0 Å². The SMILES string of the molecule is Cc1ccc2c(c1)C(=O)NCCN(CC=Cc1ccccc1)CCCC(=O)NCCO2. The van der Waals surface area contributed by atoms with Gasteiger partial charge in [-0.1, -0.05) is 54.1 Å². The van der Waals surface area contributed by atoms with Gasteiger partial charge in [0.2, 0.25) is 5.91 Å². The molecule has 0 bridgehead atoms. The highest BCUT2D eigenvalue weighted by Gasteiger charge is 2.14. The van der Waals surface area contributed by atoms with Crippen molar-refractivity contribution in [1.29, 1.82) is 0 Å². The van der Waals surface area contributed by atoms with E-state index in [1.165, 1.54) is 0 Å². The Balaban J connectivity index is 1.66. The summed E-state index contributed by atoms with van der Waals surface area (Å²) < 4.78 is 5.76. The minimum atomic E-state index is -0.141. The summed E-state index contributed by atoms with van der Waals surface area (Å²) in [5.74, 6) is 0.420. The molecule has 6 nitrogen and oxygen atoms in total. The summed E-state index contributed by atoms with van der Waals surface area (Å²) in [5, 5.41) is 5.90. The van der Waals surface area contributed by atoms with Crippen molar-refractivity contribution in [2.45, 2.75) is 19.8 Å².